The molecule has 1 fully saturated rings. The number of amides is 3. The lowest BCUT2D eigenvalue weighted by molar-refractivity contribution is -0.153. The third-order valence-electron chi connectivity index (χ3n) is 4.95. The lowest BCUT2D eigenvalue weighted by Crippen LogP contribution is -2.45. The maximum Gasteiger partial charge on any atom is 0.405 e. The molecule has 1 aromatic rings. The Morgan fingerprint density at radius 1 is 1.12 bits per heavy atom. The minimum absolute atomic E-state index is 0.0844. The molecule has 0 saturated carbocycles. The summed E-state index contributed by atoms with van der Waals surface area (Å²) in [5.41, 5.74) is 1.81. The Balaban J connectivity index is 1.80. The number of esters is 1. The topological polar surface area (TPSA) is 122 Å². The molecule has 0 spiro atoms. The number of carbonyl (C=O) groups excluding carboxylic acids is 3. The van der Waals surface area contributed by atoms with E-state index in [0.29, 0.717) is 0 Å². The highest BCUT2D eigenvalue weighted by Gasteiger charge is 2.33. The van der Waals surface area contributed by atoms with Crippen LogP contribution in [0.3, 0.4) is 0 Å². The number of rotatable bonds is 6. The summed E-state index contributed by atoms with van der Waals surface area (Å²) in [5.74, 6) is -2.49. The Bertz CT molecular complexity index is 973. The number of nitrogens with one attached hydrogen (secondary N) is 2. The number of carbonyl (C=O) groups is 3. The second kappa shape index (κ2) is 10.3. The van der Waals surface area contributed by atoms with Crippen LogP contribution >= 0.6 is 0 Å². The molecular weight excluding hydrogens is 455 g/mol. The van der Waals surface area contributed by atoms with Crippen LogP contribution in [-0.4, -0.2) is 63.0 Å². The zero-order valence-corrected chi connectivity index (χ0v) is 18.3. The van der Waals surface area contributed by atoms with E-state index in [0.717, 1.165) is 11.1 Å². The van der Waals surface area contributed by atoms with E-state index in [2.05, 4.69) is 0 Å². The highest BCUT2D eigenvalue weighted by atomic mass is 32.2. The van der Waals surface area contributed by atoms with Crippen LogP contribution in [0.25, 0.3) is 0 Å². The van der Waals surface area contributed by atoms with E-state index in [-0.39, 0.29) is 30.8 Å². The third-order valence-corrected chi connectivity index (χ3v) is 6.85. The maximum absolute atomic E-state index is 12.8. The average Bonchev–Trinajstić information content (AvgIpc) is 2.72. The highest BCUT2D eigenvalue weighted by molar-refractivity contribution is 7.89. The van der Waals surface area contributed by atoms with Gasteiger partial charge in [-0.05, 0) is 49.9 Å². The van der Waals surface area contributed by atoms with Crippen molar-refractivity contribution in [3.63, 3.8) is 0 Å². The number of nitrogens with zero attached hydrogens (tertiary/aromatic N) is 1. The number of aryl methyl sites for hydroxylation is 2. The van der Waals surface area contributed by atoms with Gasteiger partial charge in [-0.15, -0.1) is 0 Å². The first-order valence-corrected chi connectivity index (χ1v) is 11.1. The van der Waals surface area contributed by atoms with Crippen molar-refractivity contribution in [2.45, 2.75) is 37.8 Å². The number of sulfonamides is 1. The molecule has 0 aromatic heterocycles. The van der Waals surface area contributed by atoms with E-state index >= 15 is 0 Å². The van der Waals surface area contributed by atoms with Gasteiger partial charge in [0.25, 0.3) is 5.91 Å². The van der Waals surface area contributed by atoms with Crippen molar-refractivity contribution >= 4 is 27.9 Å². The quantitative estimate of drug-likeness (QED) is 0.599. The molecule has 178 valence electrons. The lowest BCUT2D eigenvalue weighted by Gasteiger charge is -2.30. The Hall–Kier alpha value is -2.67. The van der Waals surface area contributed by atoms with Gasteiger partial charge in [0.2, 0.25) is 10.0 Å². The number of hydrogen-bond acceptors (Lipinski definition) is 6. The smallest absolute Gasteiger partial charge is 0.405 e. The molecule has 1 aliphatic heterocycles. The zero-order chi connectivity index (χ0) is 24.1. The molecule has 2 N–H and O–H groups in total. The van der Waals surface area contributed by atoms with Gasteiger partial charge < -0.3 is 10.1 Å². The van der Waals surface area contributed by atoms with Gasteiger partial charge in [0.15, 0.2) is 6.61 Å². The second-order valence-electron chi connectivity index (χ2n) is 7.38. The maximum atomic E-state index is 12.8. The number of urea groups is 1. The van der Waals surface area contributed by atoms with Crippen molar-refractivity contribution in [1.29, 1.82) is 0 Å². The molecule has 0 unspecified atom stereocenters. The van der Waals surface area contributed by atoms with E-state index in [1.807, 2.05) is 13.8 Å². The molecule has 0 bridgehead atoms. The molecule has 0 atom stereocenters. The largest absolute Gasteiger partial charge is 0.455 e. The first-order valence-electron chi connectivity index (χ1n) is 9.68. The van der Waals surface area contributed by atoms with Gasteiger partial charge in [-0.25, -0.2) is 13.2 Å². The fourth-order valence-electron chi connectivity index (χ4n) is 3.00. The Morgan fingerprint density at radius 2 is 1.75 bits per heavy atom. The van der Waals surface area contributed by atoms with Crippen LogP contribution in [0.4, 0.5) is 18.0 Å². The first-order chi connectivity index (χ1) is 14.8. The lowest BCUT2D eigenvalue weighted by atomic mass is 9.98. The van der Waals surface area contributed by atoms with Crippen LogP contribution in [0, 0.1) is 19.8 Å². The molecule has 1 aromatic carbocycles. The van der Waals surface area contributed by atoms with Gasteiger partial charge in [-0.1, -0.05) is 6.07 Å². The summed E-state index contributed by atoms with van der Waals surface area (Å²) >= 11 is 0. The molecule has 0 aliphatic carbocycles. The van der Waals surface area contributed by atoms with Gasteiger partial charge in [-0.3, -0.25) is 14.9 Å². The van der Waals surface area contributed by atoms with Crippen LogP contribution in [0.2, 0.25) is 0 Å². The highest BCUT2D eigenvalue weighted by Crippen LogP contribution is 2.25. The number of hydrogen-bond donors (Lipinski definition) is 2. The number of alkyl halides is 3. The number of benzene rings is 1. The number of halogens is 3. The monoisotopic (exact) mass is 479 g/mol. The minimum atomic E-state index is -4.63. The zero-order valence-electron chi connectivity index (χ0n) is 17.5. The summed E-state index contributed by atoms with van der Waals surface area (Å²) in [6.45, 7) is 1.39. The van der Waals surface area contributed by atoms with Crippen molar-refractivity contribution in [1.82, 2.24) is 14.9 Å². The van der Waals surface area contributed by atoms with Crippen molar-refractivity contribution in [3.05, 3.63) is 29.3 Å². The Labute approximate surface area is 183 Å². The van der Waals surface area contributed by atoms with Crippen molar-refractivity contribution < 1.29 is 40.7 Å². The van der Waals surface area contributed by atoms with E-state index in [1.54, 1.807) is 17.4 Å². The first kappa shape index (κ1) is 25.6. The summed E-state index contributed by atoms with van der Waals surface area (Å²) < 4.78 is 67.7. The van der Waals surface area contributed by atoms with Crippen LogP contribution in [0.1, 0.15) is 24.0 Å². The van der Waals surface area contributed by atoms with Crippen molar-refractivity contribution in [2.75, 3.05) is 26.2 Å². The molecule has 1 heterocycles. The standard InChI is InChI=1S/C19H24F3N3O6S/c1-12-3-4-15(9-13(12)2)32(29,30)25-7-5-14(6-8-25)17(27)31-10-16(26)24-18(28)23-11-19(20,21)22/h3-4,9,14H,5-8,10-11H2,1-2H3,(H2,23,24,26,28). The molecule has 32 heavy (non-hydrogen) atoms. The van der Waals surface area contributed by atoms with E-state index in [1.165, 1.54) is 15.7 Å². The molecular formula is C19H24F3N3O6S. The molecule has 1 saturated heterocycles. The summed E-state index contributed by atoms with van der Waals surface area (Å²) in [4.78, 5) is 35.0. The summed E-state index contributed by atoms with van der Waals surface area (Å²) in [6.07, 6.45) is -4.28. The van der Waals surface area contributed by atoms with Crippen LogP contribution < -0.4 is 10.6 Å². The molecule has 13 heteroatoms. The number of ether oxygens (including phenoxy) is 1. The van der Waals surface area contributed by atoms with Crippen LogP contribution in [0.15, 0.2) is 23.1 Å². The van der Waals surface area contributed by atoms with Gasteiger partial charge in [0, 0.05) is 13.1 Å². The van der Waals surface area contributed by atoms with Gasteiger partial charge in [-0.2, -0.15) is 17.5 Å². The average molecular weight is 479 g/mol. The normalized spacial score (nSPS) is 15.8. The van der Waals surface area contributed by atoms with Gasteiger partial charge in [0.05, 0.1) is 10.8 Å². The molecule has 1 aliphatic rings. The molecule has 9 nitrogen and oxygen atoms in total. The molecule has 2 rings (SSSR count). The second-order valence-corrected chi connectivity index (χ2v) is 9.32. The SMILES string of the molecule is Cc1ccc(S(=O)(=O)N2CCC(C(=O)OCC(=O)NC(=O)NCC(F)(F)F)CC2)cc1C. The van der Waals surface area contributed by atoms with Crippen molar-refractivity contribution in [3.8, 4) is 0 Å². The fourth-order valence-corrected chi connectivity index (χ4v) is 4.55. The summed E-state index contributed by atoms with van der Waals surface area (Å²) in [7, 11) is -3.71. The molecule has 0 radical (unpaired) electrons. The molecule has 3 amide bonds. The minimum Gasteiger partial charge on any atom is -0.455 e. The predicted octanol–water partition coefficient (Wildman–Crippen LogP) is 1.64. The Kier molecular flexibility index (Phi) is 8.24. The van der Waals surface area contributed by atoms with Crippen LogP contribution in [-0.2, 0) is 24.3 Å². The predicted molar refractivity (Wildman–Crippen MR) is 106 cm³/mol. The third kappa shape index (κ3) is 7.19. The number of imide groups is 1. The van der Waals surface area contributed by atoms with E-state index in [4.69, 9.17) is 4.74 Å². The van der Waals surface area contributed by atoms with Gasteiger partial charge >= 0.3 is 18.2 Å². The number of piperidine rings is 1. The fraction of sp³-hybridized carbons (Fsp3) is 0.526. The summed E-state index contributed by atoms with van der Waals surface area (Å²) in [5, 5.41) is 3.06. The summed E-state index contributed by atoms with van der Waals surface area (Å²) in [6, 6.07) is 3.48. The van der Waals surface area contributed by atoms with Crippen molar-refractivity contribution in [2.24, 2.45) is 5.92 Å². The van der Waals surface area contributed by atoms with E-state index < -0.39 is 53.2 Å². The van der Waals surface area contributed by atoms with Crippen LogP contribution in [0.5, 0.6) is 0 Å². The van der Waals surface area contributed by atoms with E-state index in [9.17, 15) is 36.0 Å². The van der Waals surface area contributed by atoms with Gasteiger partial charge in [0.1, 0.15) is 6.54 Å². The Morgan fingerprint density at radius 3 is 2.31 bits per heavy atom.